The Labute approximate surface area is 95.6 Å². The Bertz CT molecular complexity index is 408. The van der Waals surface area contributed by atoms with Crippen molar-refractivity contribution in [1.82, 2.24) is 0 Å². The molecular weight excluding hydrogens is 202 g/mol. The van der Waals surface area contributed by atoms with E-state index >= 15 is 0 Å². The Morgan fingerprint density at radius 2 is 2.06 bits per heavy atom. The third-order valence-electron chi connectivity index (χ3n) is 3.44. The normalized spacial score (nSPS) is 28.3. The number of carbonyl (C=O) groups is 1. The van der Waals surface area contributed by atoms with Crippen LogP contribution in [0.15, 0.2) is 24.3 Å². The van der Waals surface area contributed by atoms with Crippen molar-refractivity contribution in [2.45, 2.75) is 31.2 Å². The second-order valence-electron chi connectivity index (χ2n) is 4.61. The van der Waals surface area contributed by atoms with Crippen LogP contribution in [0, 0.1) is 6.92 Å². The van der Waals surface area contributed by atoms with E-state index in [2.05, 4.69) is 19.1 Å². The van der Waals surface area contributed by atoms with Gasteiger partial charge in [-0.15, -0.1) is 0 Å². The fourth-order valence-corrected chi connectivity index (χ4v) is 2.45. The number of ether oxygens (including phenoxy) is 1. The van der Waals surface area contributed by atoms with Gasteiger partial charge in [0.1, 0.15) is 5.54 Å². The van der Waals surface area contributed by atoms with Crippen LogP contribution >= 0.6 is 0 Å². The van der Waals surface area contributed by atoms with E-state index in [1.165, 1.54) is 18.2 Å². The third kappa shape index (κ3) is 1.71. The van der Waals surface area contributed by atoms with Gasteiger partial charge in [-0.2, -0.15) is 0 Å². The largest absolute Gasteiger partial charge is 0.468 e. The van der Waals surface area contributed by atoms with Crippen LogP contribution in [0.3, 0.4) is 0 Å². The maximum Gasteiger partial charge on any atom is 0.325 e. The number of rotatable bonds is 2. The zero-order chi connectivity index (χ0) is 11.8. The number of nitrogens with two attached hydrogens (primary N) is 1. The number of esters is 1. The molecule has 0 atom stereocenters. The minimum Gasteiger partial charge on any atom is -0.468 e. The SMILES string of the molecule is COC(=O)C1(N)CC(c2ccccc2C)C1. The van der Waals surface area contributed by atoms with Crippen LogP contribution in [-0.4, -0.2) is 18.6 Å². The Hall–Kier alpha value is -1.35. The summed E-state index contributed by atoms with van der Waals surface area (Å²) in [6.07, 6.45) is 1.37. The molecule has 0 unspecified atom stereocenters. The van der Waals surface area contributed by atoms with Crippen LogP contribution in [-0.2, 0) is 9.53 Å². The maximum absolute atomic E-state index is 11.4. The van der Waals surface area contributed by atoms with Gasteiger partial charge in [0.2, 0.25) is 0 Å². The Morgan fingerprint density at radius 3 is 2.62 bits per heavy atom. The Kier molecular flexibility index (Phi) is 2.72. The fourth-order valence-electron chi connectivity index (χ4n) is 2.45. The molecule has 0 amide bonds. The summed E-state index contributed by atoms with van der Waals surface area (Å²) in [7, 11) is 1.39. The van der Waals surface area contributed by atoms with Crippen molar-refractivity contribution in [3.63, 3.8) is 0 Å². The fraction of sp³-hybridized carbons (Fsp3) is 0.462. The first kappa shape index (κ1) is 11.1. The lowest BCUT2D eigenvalue weighted by molar-refractivity contribution is -0.151. The summed E-state index contributed by atoms with van der Waals surface area (Å²) >= 11 is 0. The van der Waals surface area contributed by atoms with E-state index in [0.29, 0.717) is 18.8 Å². The lowest BCUT2D eigenvalue weighted by Gasteiger charge is -2.43. The van der Waals surface area contributed by atoms with E-state index in [9.17, 15) is 4.79 Å². The first-order valence-corrected chi connectivity index (χ1v) is 5.49. The van der Waals surface area contributed by atoms with E-state index < -0.39 is 5.54 Å². The molecule has 1 saturated carbocycles. The van der Waals surface area contributed by atoms with Crippen molar-refractivity contribution in [3.8, 4) is 0 Å². The Morgan fingerprint density at radius 1 is 1.44 bits per heavy atom. The molecule has 1 aliphatic rings. The first-order valence-electron chi connectivity index (χ1n) is 5.49. The summed E-state index contributed by atoms with van der Waals surface area (Å²) < 4.78 is 4.71. The van der Waals surface area contributed by atoms with Gasteiger partial charge in [0.25, 0.3) is 0 Å². The molecule has 1 aliphatic carbocycles. The predicted octanol–water partition coefficient (Wildman–Crippen LogP) is 1.74. The second kappa shape index (κ2) is 3.91. The highest BCUT2D eigenvalue weighted by atomic mass is 16.5. The van der Waals surface area contributed by atoms with Gasteiger partial charge in [0.05, 0.1) is 7.11 Å². The summed E-state index contributed by atoms with van der Waals surface area (Å²) in [5, 5.41) is 0. The van der Waals surface area contributed by atoms with Crippen molar-refractivity contribution < 1.29 is 9.53 Å². The molecule has 3 heteroatoms. The molecule has 0 heterocycles. The Balaban J connectivity index is 2.09. The number of benzene rings is 1. The van der Waals surface area contributed by atoms with Crippen LogP contribution in [0.25, 0.3) is 0 Å². The topological polar surface area (TPSA) is 52.3 Å². The van der Waals surface area contributed by atoms with Crippen LogP contribution in [0.2, 0.25) is 0 Å². The van der Waals surface area contributed by atoms with Gasteiger partial charge >= 0.3 is 5.97 Å². The molecule has 1 aromatic carbocycles. The minimum atomic E-state index is -0.762. The van der Waals surface area contributed by atoms with E-state index in [1.54, 1.807) is 0 Å². The first-order chi connectivity index (χ1) is 7.57. The highest BCUT2D eigenvalue weighted by Crippen LogP contribution is 2.44. The third-order valence-corrected chi connectivity index (χ3v) is 3.44. The van der Waals surface area contributed by atoms with Crippen molar-refractivity contribution >= 4 is 5.97 Å². The van der Waals surface area contributed by atoms with Crippen molar-refractivity contribution in [2.75, 3.05) is 7.11 Å². The molecular formula is C13H17NO2. The van der Waals surface area contributed by atoms with Crippen LogP contribution in [0.4, 0.5) is 0 Å². The lowest BCUT2D eigenvalue weighted by Crippen LogP contribution is -2.57. The van der Waals surface area contributed by atoms with Crippen LogP contribution < -0.4 is 5.73 Å². The number of carbonyl (C=O) groups excluding carboxylic acids is 1. The maximum atomic E-state index is 11.4. The van der Waals surface area contributed by atoms with Gasteiger partial charge in [-0.25, -0.2) is 0 Å². The van der Waals surface area contributed by atoms with Gasteiger partial charge in [0, 0.05) is 0 Å². The van der Waals surface area contributed by atoms with E-state index in [-0.39, 0.29) is 5.97 Å². The summed E-state index contributed by atoms with van der Waals surface area (Å²) in [5.74, 6) is 0.0997. The molecule has 0 aliphatic heterocycles. The van der Waals surface area contributed by atoms with E-state index in [0.717, 1.165) is 0 Å². The average Bonchev–Trinajstić information content (AvgIpc) is 2.25. The second-order valence-corrected chi connectivity index (χ2v) is 4.61. The molecule has 0 radical (unpaired) electrons. The minimum absolute atomic E-state index is 0.294. The number of hydrogen-bond donors (Lipinski definition) is 1. The van der Waals surface area contributed by atoms with Crippen molar-refractivity contribution in [3.05, 3.63) is 35.4 Å². The smallest absolute Gasteiger partial charge is 0.325 e. The lowest BCUT2D eigenvalue weighted by atomic mass is 9.65. The summed E-state index contributed by atoms with van der Waals surface area (Å²) in [4.78, 5) is 11.4. The number of methoxy groups -OCH3 is 1. The highest BCUT2D eigenvalue weighted by Gasteiger charge is 2.48. The molecule has 86 valence electrons. The number of aryl methyl sites for hydroxylation is 1. The highest BCUT2D eigenvalue weighted by molar-refractivity contribution is 5.82. The average molecular weight is 219 g/mol. The monoisotopic (exact) mass is 219 g/mol. The summed E-state index contributed by atoms with van der Waals surface area (Å²) in [5.41, 5.74) is 7.76. The molecule has 0 saturated heterocycles. The molecule has 0 bridgehead atoms. The van der Waals surface area contributed by atoms with Gasteiger partial charge in [-0.1, -0.05) is 24.3 Å². The summed E-state index contributed by atoms with van der Waals surface area (Å²) in [6, 6.07) is 8.24. The molecule has 2 N–H and O–H groups in total. The van der Waals surface area contributed by atoms with Gasteiger partial charge in [-0.05, 0) is 36.8 Å². The zero-order valence-corrected chi connectivity index (χ0v) is 9.69. The number of hydrogen-bond acceptors (Lipinski definition) is 3. The van der Waals surface area contributed by atoms with Gasteiger partial charge in [-0.3, -0.25) is 4.79 Å². The molecule has 0 aromatic heterocycles. The molecule has 2 rings (SSSR count). The quantitative estimate of drug-likeness (QED) is 0.771. The van der Waals surface area contributed by atoms with Gasteiger partial charge in [0.15, 0.2) is 0 Å². The van der Waals surface area contributed by atoms with E-state index in [4.69, 9.17) is 10.5 Å². The van der Waals surface area contributed by atoms with Gasteiger partial charge < -0.3 is 10.5 Å². The molecule has 1 aromatic rings. The van der Waals surface area contributed by atoms with E-state index in [1.807, 2.05) is 12.1 Å². The molecule has 16 heavy (non-hydrogen) atoms. The molecule has 0 spiro atoms. The van der Waals surface area contributed by atoms with Crippen molar-refractivity contribution in [2.24, 2.45) is 5.73 Å². The zero-order valence-electron chi connectivity index (χ0n) is 9.69. The van der Waals surface area contributed by atoms with Crippen LogP contribution in [0.1, 0.15) is 29.9 Å². The predicted molar refractivity (Wildman–Crippen MR) is 62.1 cm³/mol. The summed E-state index contributed by atoms with van der Waals surface area (Å²) in [6.45, 7) is 2.09. The van der Waals surface area contributed by atoms with Crippen molar-refractivity contribution in [1.29, 1.82) is 0 Å². The standard InChI is InChI=1S/C13H17NO2/c1-9-5-3-4-6-11(9)10-7-13(14,8-10)12(15)16-2/h3-6,10H,7-8,14H2,1-2H3. The molecule has 3 nitrogen and oxygen atoms in total. The molecule has 1 fully saturated rings. The van der Waals surface area contributed by atoms with Crippen LogP contribution in [0.5, 0.6) is 0 Å².